The number of hydrogen-bond donors (Lipinski definition) is 7. The summed E-state index contributed by atoms with van der Waals surface area (Å²) < 4.78 is 73.1. The Kier molecular flexibility index (Phi) is 17.5. The number of aliphatic hydroxyl groups excluding tert-OH is 2. The second-order valence-electron chi connectivity index (χ2n) is 10.2. The molecule has 4 rings (SSSR count). The first-order valence-corrected chi connectivity index (χ1v) is 16.9. The van der Waals surface area contributed by atoms with E-state index >= 15 is 0 Å². The number of benzene rings is 2. The standard InChI is InChI=1S/C16H16F3N3O2S.C9H9BrF3N3O2.C7H8S/c17-16(18,19)13(23)8-22-15(24)14-12(20)6-11(7-21-14)25-9-10-4-2-1-3-5-10;10-4-1-5(14)7(15-2-4)8(18)16-3-6(17)9(11,12)13;8-6-7-4-2-1-3-5-7/h1-7,13,23H,8-9,20H2,(H,22,24);1-2,6,17H,3,14H2,(H,16,18);1-5,8H,6H2. The van der Waals surface area contributed by atoms with Crippen LogP contribution in [0.4, 0.5) is 37.7 Å². The highest BCUT2D eigenvalue weighted by Crippen LogP contribution is 2.25. The van der Waals surface area contributed by atoms with Gasteiger partial charge in [0, 0.05) is 33.3 Å². The van der Waals surface area contributed by atoms with Crippen molar-refractivity contribution in [2.45, 2.75) is 41.0 Å². The summed E-state index contributed by atoms with van der Waals surface area (Å²) in [5, 5.41) is 21.4. The number of thiol groups is 1. The highest BCUT2D eigenvalue weighted by Gasteiger charge is 2.39. The third kappa shape index (κ3) is 15.8. The van der Waals surface area contributed by atoms with Crippen LogP contribution in [0.15, 0.2) is 94.6 Å². The number of nitrogens with one attached hydrogen (secondary N) is 2. The van der Waals surface area contributed by atoms with E-state index < -0.39 is 49.5 Å². The number of pyridine rings is 2. The minimum atomic E-state index is -4.80. The molecule has 2 aromatic heterocycles. The Morgan fingerprint density at radius 2 is 1.20 bits per heavy atom. The molecule has 2 amide bonds. The van der Waals surface area contributed by atoms with E-state index in [0.717, 1.165) is 16.2 Å². The lowest BCUT2D eigenvalue weighted by Gasteiger charge is -2.15. The molecule has 2 atom stereocenters. The second-order valence-corrected chi connectivity index (χ2v) is 12.4. The predicted molar refractivity (Wildman–Crippen MR) is 189 cm³/mol. The SMILES string of the molecule is Nc1cc(Br)cnc1C(=O)NCC(O)C(F)(F)F.Nc1cc(SCc2ccccc2)cnc1C(=O)NCC(O)C(F)(F)F.SCc1ccccc1. The number of aromatic nitrogens is 2. The van der Waals surface area contributed by atoms with Gasteiger partial charge in [0.1, 0.15) is 0 Å². The number of alkyl halides is 6. The van der Waals surface area contributed by atoms with E-state index in [-0.39, 0.29) is 22.8 Å². The molecule has 2 unspecified atom stereocenters. The lowest BCUT2D eigenvalue weighted by Crippen LogP contribution is -2.41. The Morgan fingerprint density at radius 3 is 1.59 bits per heavy atom. The fourth-order valence-electron chi connectivity index (χ4n) is 3.48. The van der Waals surface area contributed by atoms with Crippen molar-refractivity contribution in [1.29, 1.82) is 0 Å². The zero-order chi connectivity index (χ0) is 38.2. The number of carbonyl (C=O) groups excluding carboxylic acids is 2. The normalized spacial score (nSPS) is 12.3. The van der Waals surface area contributed by atoms with Crippen molar-refractivity contribution in [1.82, 2.24) is 20.6 Å². The summed E-state index contributed by atoms with van der Waals surface area (Å²) in [7, 11) is 0. The number of anilines is 2. The van der Waals surface area contributed by atoms with Crippen molar-refractivity contribution in [2.75, 3.05) is 24.6 Å². The number of aliphatic hydroxyl groups is 2. The van der Waals surface area contributed by atoms with E-state index in [1.165, 1.54) is 41.9 Å². The monoisotopic (exact) mass is 822 g/mol. The van der Waals surface area contributed by atoms with Gasteiger partial charge in [-0.25, -0.2) is 9.97 Å². The van der Waals surface area contributed by atoms with Crippen LogP contribution in [0, 0.1) is 0 Å². The van der Waals surface area contributed by atoms with Gasteiger partial charge in [0.05, 0.1) is 24.5 Å². The van der Waals surface area contributed by atoms with Gasteiger partial charge in [-0.1, -0.05) is 60.7 Å². The summed E-state index contributed by atoms with van der Waals surface area (Å²) in [6.07, 6.45) is -12.1. The van der Waals surface area contributed by atoms with Gasteiger partial charge in [-0.2, -0.15) is 39.0 Å². The van der Waals surface area contributed by atoms with Crippen molar-refractivity contribution in [2.24, 2.45) is 0 Å². The number of nitrogen functional groups attached to an aromatic ring is 2. The van der Waals surface area contributed by atoms with Gasteiger partial charge in [0.25, 0.3) is 11.8 Å². The molecule has 0 spiro atoms. The van der Waals surface area contributed by atoms with Crippen LogP contribution in [0.3, 0.4) is 0 Å². The number of rotatable bonds is 10. The van der Waals surface area contributed by atoms with Crippen molar-refractivity contribution < 1.29 is 46.1 Å². The van der Waals surface area contributed by atoms with Gasteiger partial charge in [-0.3, -0.25) is 9.59 Å². The molecule has 10 nitrogen and oxygen atoms in total. The molecule has 0 radical (unpaired) electrons. The maximum atomic E-state index is 12.2. The number of halogens is 7. The summed E-state index contributed by atoms with van der Waals surface area (Å²) in [5.74, 6) is -0.240. The molecule has 0 saturated carbocycles. The highest BCUT2D eigenvalue weighted by atomic mass is 79.9. The molecule has 276 valence electrons. The van der Waals surface area contributed by atoms with Gasteiger partial charge in [0.15, 0.2) is 23.6 Å². The maximum absolute atomic E-state index is 12.2. The lowest BCUT2D eigenvalue weighted by molar-refractivity contribution is -0.201. The molecule has 2 heterocycles. The van der Waals surface area contributed by atoms with Crippen LogP contribution in [0.5, 0.6) is 0 Å². The number of hydrogen-bond acceptors (Lipinski definition) is 10. The third-order valence-electron chi connectivity index (χ3n) is 6.15. The van der Waals surface area contributed by atoms with Crippen LogP contribution < -0.4 is 22.1 Å². The average molecular weight is 824 g/mol. The Morgan fingerprint density at radius 1 is 0.765 bits per heavy atom. The van der Waals surface area contributed by atoms with E-state index in [4.69, 9.17) is 21.7 Å². The van der Waals surface area contributed by atoms with Crippen molar-refractivity contribution in [3.63, 3.8) is 0 Å². The van der Waals surface area contributed by atoms with Gasteiger partial charge in [-0.05, 0) is 39.2 Å². The van der Waals surface area contributed by atoms with E-state index in [1.807, 2.05) is 59.2 Å². The summed E-state index contributed by atoms with van der Waals surface area (Å²) in [5.41, 5.74) is 13.3. The zero-order valence-electron chi connectivity index (χ0n) is 26.3. The van der Waals surface area contributed by atoms with Gasteiger partial charge in [0.2, 0.25) is 0 Å². The van der Waals surface area contributed by atoms with Crippen LogP contribution in [0.2, 0.25) is 0 Å². The first kappa shape index (κ1) is 43.1. The van der Waals surface area contributed by atoms with Crippen LogP contribution in [0.25, 0.3) is 0 Å². The average Bonchev–Trinajstić information content (AvgIpc) is 3.09. The molecular formula is C32H33BrF6N6O4S2. The summed E-state index contributed by atoms with van der Waals surface area (Å²) in [6.45, 7) is -1.92. The number of nitrogens with two attached hydrogens (primary N) is 2. The van der Waals surface area contributed by atoms with Gasteiger partial charge in [-0.15, -0.1) is 11.8 Å². The molecule has 0 bridgehead atoms. The topological polar surface area (TPSA) is 176 Å². The molecule has 2 aromatic carbocycles. The first-order valence-electron chi connectivity index (χ1n) is 14.5. The van der Waals surface area contributed by atoms with E-state index in [2.05, 4.69) is 50.7 Å². The van der Waals surface area contributed by atoms with Crippen molar-refractivity contribution in [3.05, 3.63) is 112 Å². The van der Waals surface area contributed by atoms with Crippen LogP contribution in [-0.2, 0) is 11.5 Å². The third-order valence-corrected chi connectivity index (χ3v) is 7.98. The largest absolute Gasteiger partial charge is 0.416 e. The van der Waals surface area contributed by atoms with Crippen LogP contribution in [-0.4, -0.2) is 69.6 Å². The number of nitrogens with zero attached hydrogens (tertiary/aromatic N) is 2. The Balaban J connectivity index is 0.000000300. The Hall–Kier alpha value is -4.04. The molecule has 19 heteroatoms. The number of amides is 2. The minimum Gasteiger partial charge on any atom is -0.397 e. The fourth-order valence-corrected chi connectivity index (χ4v) is 4.90. The summed E-state index contributed by atoms with van der Waals surface area (Å²) >= 11 is 8.65. The molecular weight excluding hydrogens is 790 g/mol. The molecule has 8 N–H and O–H groups in total. The predicted octanol–water partition coefficient (Wildman–Crippen LogP) is 5.80. The number of carbonyl (C=O) groups is 2. The lowest BCUT2D eigenvalue weighted by atomic mass is 10.2. The quantitative estimate of drug-likeness (QED) is 0.0592. The zero-order valence-corrected chi connectivity index (χ0v) is 29.6. The first-order chi connectivity index (χ1) is 23.9. The molecule has 0 aliphatic heterocycles. The fraction of sp³-hybridized carbons (Fsp3) is 0.250. The summed E-state index contributed by atoms with van der Waals surface area (Å²) in [4.78, 5) is 31.6. The van der Waals surface area contributed by atoms with E-state index in [1.54, 1.807) is 0 Å². The van der Waals surface area contributed by atoms with E-state index in [9.17, 15) is 35.9 Å². The molecule has 0 fully saturated rings. The smallest absolute Gasteiger partial charge is 0.397 e. The second kappa shape index (κ2) is 20.7. The molecule has 0 saturated heterocycles. The molecule has 0 aliphatic carbocycles. The minimum absolute atomic E-state index is 0.0170. The summed E-state index contributed by atoms with van der Waals surface area (Å²) in [6, 6.07) is 22.8. The highest BCUT2D eigenvalue weighted by molar-refractivity contribution is 9.10. The Bertz CT molecular complexity index is 1690. The Labute approximate surface area is 307 Å². The van der Waals surface area contributed by atoms with Crippen LogP contribution >= 0.6 is 40.3 Å². The molecule has 4 aromatic rings. The van der Waals surface area contributed by atoms with Gasteiger partial charge >= 0.3 is 12.4 Å². The van der Waals surface area contributed by atoms with Crippen molar-refractivity contribution in [3.8, 4) is 0 Å². The number of thioether (sulfide) groups is 1. The van der Waals surface area contributed by atoms with Crippen molar-refractivity contribution >= 4 is 63.5 Å². The molecule has 51 heavy (non-hydrogen) atoms. The van der Waals surface area contributed by atoms with Gasteiger partial charge < -0.3 is 32.3 Å². The van der Waals surface area contributed by atoms with Crippen LogP contribution in [0.1, 0.15) is 32.1 Å². The van der Waals surface area contributed by atoms with E-state index in [0.29, 0.717) is 10.2 Å². The maximum Gasteiger partial charge on any atom is 0.416 e. The molecule has 0 aliphatic rings.